The molecule has 2 rings (SSSR count). The van der Waals surface area contributed by atoms with Gasteiger partial charge in [0.2, 0.25) is 0 Å². The van der Waals surface area contributed by atoms with Crippen LogP contribution in [0.4, 0.5) is 8.78 Å². The molecule has 0 aromatic heterocycles. The molecule has 0 fully saturated rings. The third kappa shape index (κ3) is 3.28. The van der Waals surface area contributed by atoms with Gasteiger partial charge in [-0.1, -0.05) is 51.3 Å². The quantitative estimate of drug-likeness (QED) is 0.589. The van der Waals surface area contributed by atoms with Crippen molar-refractivity contribution in [1.29, 1.82) is 0 Å². The van der Waals surface area contributed by atoms with Crippen LogP contribution in [-0.2, 0) is 6.42 Å². The largest absolute Gasteiger partial charge is 0.207 e. The highest BCUT2D eigenvalue weighted by atomic mass is 79.9. The molecular formula is C14H9BrCl2F2. The Hall–Kier alpha value is -0.640. The molecule has 0 aliphatic heterocycles. The second kappa shape index (κ2) is 6.21. The molecule has 2 aromatic rings. The molecule has 2 aromatic carbocycles. The lowest BCUT2D eigenvalue weighted by Gasteiger charge is -2.14. The van der Waals surface area contributed by atoms with Gasteiger partial charge in [-0.05, 0) is 30.7 Å². The van der Waals surface area contributed by atoms with Gasteiger partial charge in [0.05, 0.1) is 0 Å². The van der Waals surface area contributed by atoms with Crippen molar-refractivity contribution in [2.45, 2.75) is 11.2 Å². The van der Waals surface area contributed by atoms with Crippen molar-refractivity contribution >= 4 is 39.1 Å². The van der Waals surface area contributed by atoms with E-state index in [1.165, 1.54) is 24.3 Å². The van der Waals surface area contributed by atoms with Crippen LogP contribution in [0.5, 0.6) is 0 Å². The first-order chi connectivity index (χ1) is 9.00. The molecule has 0 heterocycles. The van der Waals surface area contributed by atoms with Crippen LogP contribution in [0.25, 0.3) is 0 Å². The number of hydrogen-bond donors (Lipinski definition) is 0. The molecule has 0 spiro atoms. The van der Waals surface area contributed by atoms with Gasteiger partial charge in [-0.25, -0.2) is 8.78 Å². The van der Waals surface area contributed by atoms with Gasteiger partial charge in [-0.3, -0.25) is 0 Å². The van der Waals surface area contributed by atoms with Gasteiger partial charge in [-0.15, -0.1) is 0 Å². The van der Waals surface area contributed by atoms with Crippen molar-refractivity contribution in [3.8, 4) is 0 Å². The van der Waals surface area contributed by atoms with E-state index in [-0.39, 0.29) is 6.42 Å². The number of alkyl halides is 1. The monoisotopic (exact) mass is 364 g/mol. The van der Waals surface area contributed by atoms with Gasteiger partial charge in [0.1, 0.15) is 11.6 Å². The molecule has 5 heteroatoms. The number of hydrogen-bond acceptors (Lipinski definition) is 0. The average molecular weight is 366 g/mol. The van der Waals surface area contributed by atoms with Crippen molar-refractivity contribution < 1.29 is 8.78 Å². The molecule has 0 aliphatic rings. The first-order valence-electron chi connectivity index (χ1n) is 5.51. The standard InChI is InChI=1S/C14H9BrCl2F2/c15-9(14-11(17)4-2-6-13(14)19)7-8-10(16)3-1-5-12(8)18/h1-6,9H,7H2. The molecule has 0 bridgehead atoms. The van der Waals surface area contributed by atoms with E-state index in [0.717, 1.165) is 0 Å². The van der Waals surface area contributed by atoms with Crippen LogP contribution in [0.2, 0.25) is 10.0 Å². The fourth-order valence-electron chi connectivity index (χ4n) is 1.82. The minimum atomic E-state index is -0.449. The van der Waals surface area contributed by atoms with E-state index in [4.69, 9.17) is 23.2 Å². The molecule has 1 unspecified atom stereocenters. The van der Waals surface area contributed by atoms with E-state index in [2.05, 4.69) is 15.9 Å². The van der Waals surface area contributed by atoms with Crippen LogP contribution in [0.15, 0.2) is 36.4 Å². The van der Waals surface area contributed by atoms with E-state index in [1.54, 1.807) is 12.1 Å². The van der Waals surface area contributed by atoms with Crippen LogP contribution in [0.3, 0.4) is 0 Å². The number of rotatable bonds is 3. The Labute approximate surface area is 128 Å². The smallest absolute Gasteiger partial charge is 0.129 e. The molecule has 0 nitrogen and oxygen atoms in total. The summed E-state index contributed by atoms with van der Waals surface area (Å²) in [4.78, 5) is -0.449. The van der Waals surface area contributed by atoms with Crippen LogP contribution in [0, 0.1) is 11.6 Å². The topological polar surface area (TPSA) is 0 Å². The summed E-state index contributed by atoms with van der Waals surface area (Å²) < 4.78 is 27.5. The fraction of sp³-hybridized carbons (Fsp3) is 0.143. The Morgan fingerprint density at radius 1 is 0.947 bits per heavy atom. The van der Waals surface area contributed by atoms with Crippen molar-refractivity contribution in [1.82, 2.24) is 0 Å². The van der Waals surface area contributed by atoms with Gasteiger partial charge in [0, 0.05) is 26.0 Å². The third-order valence-corrected chi connectivity index (χ3v) is 4.22. The summed E-state index contributed by atoms with van der Waals surface area (Å²) in [5.41, 5.74) is 0.647. The van der Waals surface area contributed by atoms with Gasteiger partial charge >= 0.3 is 0 Å². The number of halogens is 5. The molecule has 100 valence electrons. The van der Waals surface area contributed by atoms with Gasteiger partial charge < -0.3 is 0 Å². The summed E-state index contributed by atoms with van der Waals surface area (Å²) >= 11 is 15.3. The Morgan fingerprint density at radius 2 is 1.53 bits per heavy atom. The molecule has 0 amide bonds. The predicted molar refractivity (Wildman–Crippen MR) is 78.2 cm³/mol. The molecular weight excluding hydrogens is 357 g/mol. The highest BCUT2D eigenvalue weighted by Crippen LogP contribution is 2.36. The molecule has 0 aliphatic carbocycles. The van der Waals surface area contributed by atoms with Crippen LogP contribution >= 0.6 is 39.1 Å². The predicted octanol–water partition coefficient (Wildman–Crippen LogP) is 5.95. The lowest BCUT2D eigenvalue weighted by molar-refractivity contribution is 0.594. The third-order valence-electron chi connectivity index (χ3n) is 2.76. The zero-order valence-electron chi connectivity index (χ0n) is 9.64. The van der Waals surface area contributed by atoms with Crippen molar-refractivity contribution in [2.24, 2.45) is 0 Å². The maximum Gasteiger partial charge on any atom is 0.129 e. The van der Waals surface area contributed by atoms with Gasteiger partial charge in [0.15, 0.2) is 0 Å². The minimum absolute atomic E-state index is 0.214. The van der Waals surface area contributed by atoms with Crippen LogP contribution in [0.1, 0.15) is 16.0 Å². The van der Waals surface area contributed by atoms with E-state index >= 15 is 0 Å². The van der Waals surface area contributed by atoms with Crippen LogP contribution < -0.4 is 0 Å². The Balaban J connectivity index is 2.34. The maximum atomic E-state index is 13.8. The summed E-state index contributed by atoms with van der Waals surface area (Å²) in [6.07, 6.45) is 0.214. The normalized spacial score (nSPS) is 12.5. The van der Waals surface area contributed by atoms with Gasteiger partial charge in [-0.2, -0.15) is 0 Å². The Morgan fingerprint density at radius 3 is 2.11 bits per heavy atom. The van der Waals surface area contributed by atoms with Crippen molar-refractivity contribution in [3.63, 3.8) is 0 Å². The number of benzene rings is 2. The average Bonchev–Trinajstić information content (AvgIpc) is 2.34. The Kier molecular flexibility index (Phi) is 4.82. The lowest BCUT2D eigenvalue weighted by Crippen LogP contribution is -2.02. The second-order valence-electron chi connectivity index (χ2n) is 4.01. The molecule has 0 saturated carbocycles. The first-order valence-corrected chi connectivity index (χ1v) is 7.18. The molecule has 0 radical (unpaired) electrons. The molecule has 0 N–H and O–H groups in total. The summed E-state index contributed by atoms with van der Waals surface area (Å²) in [6, 6.07) is 8.89. The Bertz CT molecular complexity index is 561. The van der Waals surface area contributed by atoms with Gasteiger partial charge in [0.25, 0.3) is 0 Å². The molecule has 0 saturated heterocycles. The summed E-state index contributed by atoms with van der Waals surface area (Å²) in [5.74, 6) is -0.841. The summed E-state index contributed by atoms with van der Waals surface area (Å²) in [7, 11) is 0. The summed E-state index contributed by atoms with van der Waals surface area (Å²) in [5, 5.41) is 0.617. The SMILES string of the molecule is Fc1cccc(Cl)c1CC(Br)c1c(F)cccc1Cl. The van der Waals surface area contributed by atoms with E-state index < -0.39 is 16.5 Å². The zero-order chi connectivity index (χ0) is 14.0. The van der Waals surface area contributed by atoms with Crippen molar-refractivity contribution in [2.75, 3.05) is 0 Å². The van der Waals surface area contributed by atoms with E-state index in [0.29, 0.717) is 21.2 Å². The highest BCUT2D eigenvalue weighted by molar-refractivity contribution is 9.09. The lowest BCUT2D eigenvalue weighted by atomic mass is 10.0. The molecule has 1 atom stereocenters. The fourth-order valence-corrected chi connectivity index (χ4v) is 3.27. The van der Waals surface area contributed by atoms with E-state index in [1.807, 2.05) is 0 Å². The van der Waals surface area contributed by atoms with Crippen molar-refractivity contribution in [3.05, 3.63) is 69.2 Å². The summed E-state index contributed by atoms with van der Waals surface area (Å²) in [6.45, 7) is 0. The minimum Gasteiger partial charge on any atom is -0.207 e. The first kappa shape index (κ1) is 14.8. The highest BCUT2D eigenvalue weighted by Gasteiger charge is 2.19. The van der Waals surface area contributed by atoms with Crippen LogP contribution in [-0.4, -0.2) is 0 Å². The second-order valence-corrected chi connectivity index (χ2v) is 5.93. The zero-order valence-corrected chi connectivity index (χ0v) is 12.7. The maximum absolute atomic E-state index is 13.8. The van der Waals surface area contributed by atoms with E-state index in [9.17, 15) is 8.78 Å². The molecule has 19 heavy (non-hydrogen) atoms.